The highest BCUT2D eigenvalue weighted by atomic mass is 16.5. The molecule has 2 aromatic carbocycles. The maximum Gasteiger partial charge on any atom is 0.256 e. The third-order valence-corrected chi connectivity index (χ3v) is 5.55. The molecule has 1 aromatic heterocycles. The standard InChI is InChI=1S/C23H25N3O3/c1-25-20-13-15-26(23(28)22(27)17-8-10-18(29-2)11-9-17)14-12-19(20)21(24-25)16-6-4-3-5-7-16/h3-11,22,27H,12-15H2,1-2H3. The number of rotatable bonds is 4. The molecule has 0 radical (unpaired) electrons. The summed E-state index contributed by atoms with van der Waals surface area (Å²) in [6, 6.07) is 17.1. The molecule has 1 unspecified atom stereocenters. The number of ether oxygens (including phenoxy) is 1. The van der Waals surface area contributed by atoms with Gasteiger partial charge < -0.3 is 14.7 Å². The summed E-state index contributed by atoms with van der Waals surface area (Å²) in [5.41, 5.74) is 4.98. The van der Waals surface area contributed by atoms with Gasteiger partial charge in [-0.1, -0.05) is 42.5 Å². The van der Waals surface area contributed by atoms with Gasteiger partial charge in [-0.15, -0.1) is 0 Å². The number of nitrogens with zero attached hydrogens (tertiary/aromatic N) is 3. The molecule has 2 heterocycles. The second-order valence-corrected chi connectivity index (χ2v) is 7.26. The Labute approximate surface area is 170 Å². The number of aliphatic hydroxyl groups excluding tert-OH is 1. The highest BCUT2D eigenvalue weighted by Crippen LogP contribution is 2.29. The molecule has 0 bridgehead atoms. The molecular weight excluding hydrogens is 366 g/mol. The summed E-state index contributed by atoms with van der Waals surface area (Å²) in [7, 11) is 3.54. The number of methoxy groups -OCH3 is 1. The maximum absolute atomic E-state index is 12.9. The minimum absolute atomic E-state index is 0.266. The van der Waals surface area contributed by atoms with Crippen molar-refractivity contribution < 1.29 is 14.6 Å². The summed E-state index contributed by atoms with van der Waals surface area (Å²) in [6.45, 7) is 1.12. The predicted octanol–water partition coefficient (Wildman–Crippen LogP) is 2.76. The van der Waals surface area contributed by atoms with Gasteiger partial charge >= 0.3 is 0 Å². The number of carbonyl (C=O) groups is 1. The second kappa shape index (κ2) is 8.09. The molecule has 1 amide bonds. The van der Waals surface area contributed by atoms with E-state index in [1.165, 1.54) is 5.56 Å². The maximum atomic E-state index is 12.9. The van der Waals surface area contributed by atoms with Crippen molar-refractivity contribution in [2.24, 2.45) is 7.05 Å². The van der Waals surface area contributed by atoms with E-state index in [0.29, 0.717) is 37.2 Å². The summed E-state index contributed by atoms with van der Waals surface area (Å²) in [5.74, 6) is 0.428. The van der Waals surface area contributed by atoms with E-state index < -0.39 is 6.10 Å². The molecule has 1 N–H and O–H groups in total. The summed E-state index contributed by atoms with van der Waals surface area (Å²) in [4.78, 5) is 14.7. The summed E-state index contributed by atoms with van der Waals surface area (Å²) in [6.07, 6.45) is 0.259. The first-order valence-corrected chi connectivity index (χ1v) is 9.79. The van der Waals surface area contributed by atoms with Crippen molar-refractivity contribution in [3.05, 3.63) is 71.4 Å². The van der Waals surface area contributed by atoms with Gasteiger partial charge in [-0.05, 0) is 24.1 Å². The first-order chi connectivity index (χ1) is 14.1. The van der Waals surface area contributed by atoms with Crippen LogP contribution in [0.1, 0.15) is 22.9 Å². The van der Waals surface area contributed by atoms with Crippen LogP contribution >= 0.6 is 0 Å². The van der Waals surface area contributed by atoms with Gasteiger partial charge in [-0.2, -0.15) is 5.10 Å². The lowest BCUT2D eigenvalue weighted by Gasteiger charge is -2.23. The van der Waals surface area contributed by atoms with Crippen LogP contribution in [0, 0.1) is 0 Å². The Hall–Kier alpha value is -3.12. The van der Waals surface area contributed by atoms with Gasteiger partial charge in [0.2, 0.25) is 0 Å². The van der Waals surface area contributed by atoms with Crippen LogP contribution < -0.4 is 4.74 Å². The number of aliphatic hydroxyl groups is 1. The van der Waals surface area contributed by atoms with Crippen LogP contribution in [0.25, 0.3) is 11.3 Å². The lowest BCUT2D eigenvalue weighted by molar-refractivity contribution is -0.140. The molecule has 3 aromatic rings. The van der Waals surface area contributed by atoms with E-state index in [0.717, 1.165) is 17.0 Å². The average molecular weight is 391 g/mol. The summed E-state index contributed by atoms with van der Waals surface area (Å²) in [5, 5.41) is 15.3. The van der Waals surface area contributed by atoms with Gasteiger partial charge in [0.1, 0.15) is 5.75 Å². The Morgan fingerprint density at radius 2 is 1.76 bits per heavy atom. The minimum atomic E-state index is -1.17. The fourth-order valence-electron chi connectivity index (χ4n) is 3.93. The smallest absolute Gasteiger partial charge is 0.256 e. The topological polar surface area (TPSA) is 67.6 Å². The van der Waals surface area contributed by atoms with E-state index in [9.17, 15) is 9.90 Å². The third kappa shape index (κ3) is 3.76. The summed E-state index contributed by atoms with van der Waals surface area (Å²) < 4.78 is 7.07. The number of hydrogen-bond acceptors (Lipinski definition) is 4. The monoisotopic (exact) mass is 391 g/mol. The van der Waals surface area contributed by atoms with Crippen LogP contribution in [0.15, 0.2) is 54.6 Å². The molecule has 0 fully saturated rings. The molecule has 6 heteroatoms. The Bertz CT molecular complexity index is 996. The summed E-state index contributed by atoms with van der Waals surface area (Å²) >= 11 is 0. The van der Waals surface area contributed by atoms with Crippen molar-refractivity contribution in [3.8, 4) is 17.0 Å². The molecule has 0 saturated heterocycles. The van der Waals surface area contributed by atoms with Crippen LogP contribution in [0.2, 0.25) is 0 Å². The van der Waals surface area contributed by atoms with Gasteiger partial charge in [0.25, 0.3) is 5.91 Å². The first kappa shape index (κ1) is 19.2. The van der Waals surface area contributed by atoms with Gasteiger partial charge in [-0.3, -0.25) is 9.48 Å². The van der Waals surface area contributed by atoms with Crippen LogP contribution in [-0.2, 0) is 24.7 Å². The number of fused-ring (bicyclic) bond motifs is 1. The third-order valence-electron chi connectivity index (χ3n) is 5.55. The zero-order valence-corrected chi connectivity index (χ0v) is 16.7. The van der Waals surface area contributed by atoms with Gasteiger partial charge in [0, 0.05) is 43.4 Å². The molecule has 6 nitrogen and oxygen atoms in total. The lowest BCUT2D eigenvalue weighted by atomic mass is 10.0. The molecule has 29 heavy (non-hydrogen) atoms. The van der Waals surface area contributed by atoms with Crippen LogP contribution in [0.3, 0.4) is 0 Å². The Kier molecular flexibility index (Phi) is 5.36. The molecule has 150 valence electrons. The molecular formula is C23H25N3O3. The Morgan fingerprint density at radius 3 is 2.45 bits per heavy atom. The lowest BCUT2D eigenvalue weighted by Crippen LogP contribution is -2.37. The van der Waals surface area contributed by atoms with Gasteiger partial charge in [-0.25, -0.2) is 0 Å². The van der Waals surface area contributed by atoms with Gasteiger partial charge in [0.15, 0.2) is 6.10 Å². The van der Waals surface area contributed by atoms with Crippen molar-refractivity contribution in [2.75, 3.05) is 20.2 Å². The number of hydrogen-bond donors (Lipinski definition) is 1. The normalized spacial score (nSPS) is 14.8. The van der Waals surface area contributed by atoms with Crippen LogP contribution in [0.4, 0.5) is 0 Å². The first-order valence-electron chi connectivity index (χ1n) is 9.79. The van der Waals surface area contributed by atoms with Crippen molar-refractivity contribution in [1.82, 2.24) is 14.7 Å². The highest BCUT2D eigenvalue weighted by molar-refractivity contribution is 5.82. The number of aryl methyl sites for hydroxylation is 1. The molecule has 0 aliphatic carbocycles. The highest BCUT2D eigenvalue weighted by Gasteiger charge is 2.28. The van der Waals surface area contributed by atoms with E-state index in [1.807, 2.05) is 29.9 Å². The van der Waals surface area contributed by atoms with Crippen molar-refractivity contribution in [3.63, 3.8) is 0 Å². The fraction of sp³-hybridized carbons (Fsp3) is 0.304. The molecule has 1 aliphatic heterocycles. The minimum Gasteiger partial charge on any atom is -0.497 e. The fourth-order valence-corrected chi connectivity index (χ4v) is 3.93. The van der Waals surface area contributed by atoms with Crippen LogP contribution in [0.5, 0.6) is 5.75 Å². The number of benzene rings is 2. The Balaban J connectivity index is 1.53. The molecule has 1 aliphatic rings. The quantitative estimate of drug-likeness (QED) is 0.743. The van der Waals surface area contributed by atoms with Gasteiger partial charge in [0.05, 0.1) is 12.8 Å². The van der Waals surface area contributed by atoms with Crippen LogP contribution in [-0.4, -0.2) is 45.9 Å². The zero-order valence-electron chi connectivity index (χ0n) is 16.7. The molecule has 0 saturated carbocycles. The predicted molar refractivity (Wildman–Crippen MR) is 111 cm³/mol. The molecule has 1 atom stereocenters. The van der Waals surface area contributed by atoms with E-state index in [4.69, 9.17) is 9.84 Å². The number of amides is 1. The van der Waals surface area contributed by atoms with Crippen molar-refractivity contribution >= 4 is 5.91 Å². The van der Waals surface area contributed by atoms with Crippen molar-refractivity contribution in [1.29, 1.82) is 0 Å². The molecule has 4 rings (SSSR count). The second-order valence-electron chi connectivity index (χ2n) is 7.26. The van der Waals surface area contributed by atoms with Crippen molar-refractivity contribution in [2.45, 2.75) is 18.9 Å². The largest absolute Gasteiger partial charge is 0.497 e. The Morgan fingerprint density at radius 1 is 1.07 bits per heavy atom. The molecule has 0 spiro atoms. The SMILES string of the molecule is COc1ccc(C(O)C(=O)N2CCc3c(-c4ccccc4)nn(C)c3CC2)cc1. The van der Waals surface area contributed by atoms with E-state index >= 15 is 0 Å². The average Bonchev–Trinajstić information content (AvgIpc) is 2.94. The van der Waals surface area contributed by atoms with E-state index in [1.54, 1.807) is 36.3 Å². The number of aromatic nitrogens is 2. The number of carbonyl (C=O) groups excluding carboxylic acids is 1. The van der Waals surface area contributed by atoms with E-state index in [-0.39, 0.29) is 5.91 Å². The van der Waals surface area contributed by atoms with E-state index in [2.05, 4.69) is 12.1 Å². The zero-order chi connectivity index (χ0) is 20.4.